The van der Waals surface area contributed by atoms with Crippen LogP contribution in [0.15, 0.2) is 29.7 Å². The number of benzene rings is 1. The second-order valence-corrected chi connectivity index (χ2v) is 7.52. The third-order valence-electron chi connectivity index (χ3n) is 4.66. The maximum atomic E-state index is 11.4. The van der Waals surface area contributed by atoms with Gasteiger partial charge in [0.1, 0.15) is 0 Å². The van der Waals surface area contributed by atoms with E-state index in [1.54, 1.807) is 0 Å². The molecule has 1 fully saturated rings. The lowest BCUT2D eigenvalue weighted by atomic mass is 9.77. The van der Waals surface area contributed by atoms with Gasteiger partial charge in [0.25, 0.3) is 0 Å². The fourth-order valence-corrected chi connectivity index (χ4v) is 2.55. The zero-order valence-corrected chi connectivity index (χ0v) is 16.3. The summed E-state index contributed by atoms with van der Waals surface area (Å²) < 4.78 is 12.2. The van der Waals surface area contributed by atoms with E-state index in [9.17, 15) is 9.59 Å². The highest BCUT2D eigenvalue weighted by molar-refractivity contribution is 6.56. The molecule has 2 amide bonds. The first kappa shape index (κ1) is 20.2. The van der Waals surface area contributed by atoms with E-state index >= 15 is 0 Å². The molecule has 0 spiro atoms. The summed E-state index contributed by atoms with van der Waals surface area (Å²) >= 11 is 0. The van der Waals surface area contributed by atoms with Gasteiger partial charge in [-0.3, -0.25) is 9.59 Å². The summed E-state index contributed by atoms with van der Waals surface area (Å²) in [6, 6.07) is 7.46. The molecule has 1 aliphatic heterocycles. The van der Waals surface area contributed by atoms with Crippen molar-refractivity contribution in [2.45, 2.75) is 52.7 Å². The van der Waals surface area contributed by atoms with Gasteiger partial charge in [-0.2, -0.15) is 0 Å². The molecule has 0 aromatic heterocycles. The summed E-state index contributed by atoms with van der Waals surface area (Å²) in [5, 5.41) is 5.57. The van der Waals surface area contributed by atoms with Crippen molar-refractivity contribution < 1.29 is 18.9 Å². The summed E-state index contributed by atoms with van der Waals surface area (Å²) in [7, 11) is -0.559. The van der Waals surface area contributed by atoms with Gasteiger partial charge >= 0.3 is 7.12 Å². The molecule has 0 bridgehead atoms. The van der Waals surface area contributed by atoms with Crippen LogP contribution < -0.4 is 10.6 Å². The molecule has 7 heteroatoms. The van der Waals surface area contributed by atoms with Crippen molar-refractivity contribution in [3.05, 3.63) is 35.3 Å². The molecule has 0 saturated carbocycles. The molecular formula is C19H27BN2O4. The van der Waals surface area contributed by atoms with Gasteiger partial charge in [-0.05, 0) is 50.9 Å². The predicted molar refractivity (Wildman–Crippen MR) is 103 cm³/mol. The molecule has 0 atom stereocenters. The van der Waals surface area contributed by atoms with Crippen molar-refractivity contribution in [3.8, 4) is 0 Å². The largest absolute Gasteiger partial charge is 0.492 e. The molecule has 0 radical (unpaired) electrons. The van der Waals surface area contributed by atoms with Crippen molar-refractivity contribution in [1.29, 1.82) is 0 Å². The van der Waals surface area contributed by atoms with E-state index in [0.29, 0.717) is 12.2 Å². The first-order chi connectivity index (χ1) is 12.0. The highest BCUT2D eigenvalue weighted by Gasteiger charge is 2.52. The average Bonchev–Trinajstić information content (AvgIpc) is 2.71. The van der Waals surface area contributed by atoms with Crippen LogP contribution in [-0.2, 0) is 18.9 Å². The van der Waals surface area contributed by atoms with E-state index in [4.69, 9.17) is 9.31 Å². The minimum atomic E-state index is -0.559. The number of amides is 2. The lowest BCUT2D eigenvalue weighted by molar-refractivity contribution is -0.118. The van der Waals surface area contributed by atoms with Crippen molar-refractivity contribution in [3.63, 3.8) is 0 Å². The Morgan fingerprint density at radius 2 is 1.69 bits per heavy atom. The van der Waals surface area contributed by atoms with Crippen molar-refractivity contribution in [1.82, 2.24) is 5.32 Å². The van der Waals surface area contributed by atoms with Crippen LogP contribution in [0.3, 0.4) is 0 Å². The van der Waals surface area contributed by atoms with Gasteiger partial charge in [0.2, 0.25) is 11.8 Å². The minimum Gasteiger partial charge on any atom is -0.400 e. The Bertz CT molecular complexity index is 712. The van der Waals surface area contributed by atoms with Gasteiger partial charge < -0.3 is 19.9 Å². The highest BCUT2D eigenvalue weighted by Crippen LogP contribution is 2.38. The third-order valence-corrected chi connectivity index (χ3v) is 4.66. The fraction of sp³-hybridized carbons (Fsp3) is 0.474. The first-order valence-electron chi connectivity index (χ1n) is 8.68. The Morgan fingerprint density at radius 1 is 1.08 bits per heavy atom. The molecule has 6 nitrogen and oxygen atoms in total. The molecule has 1 heterocycles. The van der Waals surface area contributed by atoms with E-state index in [1.807, 2.05) is 58.0 Å². The standard InChI is InChI=1S/C19H27BN2O4/c1-13(23)21-12-16(20-25-18(3,4)19(5,6)26-20)10-15-8-7-9-17(11-15)22-14(2)24/h7-11H,12H2,1-6H3,(H,21,23)(H,22,24). The molecule has 26 heavy (non-hydrogen) atoms. The predicted octanol–water partition coefficient (Wildman–Crippen LogP) is 2.80. The van der Waals surface area contributed by atoms with Crippen LogP contribution in [0.5, 0.6) is 0 Å². The van der Waals surface area contributed by atoms with Gasteiger partial charge in [-0.1, -0.05) is 18.2 Å². The molecule has 1 aromatic carbocycles. The Hall–Kier alpha value is -2.12. The number of rotatable bonds is 5. The van der Waals surface area contributed by atoms with Crippen molar-refractivity contribution in [2.75, 3.05) is 11.9 Å². The molecule has 1 saturated heterocycles. The molecule has 1 aromatic rings. The van der Waals surface area contributed by atoms with E-state index < -0.39 is 18.3 Å². The third kappa shape index (κ3) is 4.96. The number of carbonyl (C=O) groups excluding carboxylic acids is 2. The van der Waals surface area contributed by atoms with Crippen molar-refractivity contribution in [2.24, 2.45) is 0 Å². The van der Waals surface area contributed by atoms with Crippen LogP contribution in [0, 0.1) is 0 Å². The number of hydrogen-bond donors (Lipinski definition) is 2. The zero-order chi connectivity index (χ0) is 19.5. The normalized spacial score (nSPS) is 18.5. The SMILES string of the molecule is CC(=O)NCC(=Cc1cccc(NC(C)=O)c1)B1OC(C)(C)C(C)(C)O1. The Morgan fingerprint density at radius 3 is 2.23 bits per heavy atom. The van der Waals surface area contributed by atoms with Gasteiger partial charge in [-0.25, -0.2) is 0 Å². The van der Waals surface area contributed by atoms with Crippen LogP contribution in [0.25, 0.3) is 6.08 Å². The van der Waals surface area contributed by atoms with Gasteiger partial charge in [0.15, 0.2) is 0 Å². The maximum Gasteiger partial charge on any atom is 0.492 e. The molecule has 2 rings (SSSR count). The molecule has 2 N–H and O–H groups in total. The zero-order valence-electron chi connectivity index (χ0n) is 16.3. The summed E-state index contributed by atoms with van der Waals surface area (Å²) in [6.07, 6.45) is 1.92. The van der Waals surface area contributed by atoms with Gasteiger partial charge in [0, 0.05) is 26.1 Å². The van der Waals surface area contributed by atoms with E-state index in [2.05, 4.69) is 10.6 Å². The topological polar surface area (TPSA) is 76.7 Å². The fourth-order valence-electron chi connectivity index (χ4n) is 2.55. The minimum absolute atomic E-state index is 0.126. The van der Waals surface area contributed by atoms with Crippen LogP contribution in [0.2, 0.25) is 0 Å². The summed E-state index contributed by atoms with van der Waals surface area (Å²) in [4.78, 5) is 22.6. The summed E-state index contributed by atoms with van der Waals surface area (Å²) in [5.41, 5.74) is 1.46. The van der Waals surface area contributed by atoms with Crippen LogP contribution in [-0.4, -0.2) is 36.7 Å². The molecule has 1 aliphatic rings. The van der Waals surface area contributed by atoms with Gasteiger partial charge in [-0.15, -0.1) is 0 Å². The smallest absolute Gasteiger partial charge is 0.400 e. The second kappa shape index (κ2) is 7.64. The van der Waals surface area contributed by atoms with E-state index in [-0.39, 0.29) is 11.8 Å². The lowest BCUT2D eigenvalue weighted by Gasteiger charge is -2.32. The average molecular weight is 358 g/mol. The van der Waals surface area contributed by atoms with E-state index in [1.165, 1.54) is 13.8 Å². The number of hydrogen-bond acceptors (Lipinski definition) is 4. The summed E-state index contributed by atoms with van der Waals surface area (Å²) in [6.45, 7) is 11.2. The lowest BCUT2D eigenvalue weighted by Crippen LogP contribution is -2.41. The first-order valence-corrected chi connectivity index (χ1v) is 8.68. The van der Waals surface area contributed by atoms with Gasteiger partial charge in [0.05, 0.1) is 11.2 Å². The Balaban J connectivity index is 2.31. The summed E-state index contributed by atoms with van der Waals surface area (Å²) in [5.74, 6) is -0.255. The van der Waals surface area contributed by atoms with Crippen molar-refractivity contribution >= 4 is 30.7 Å². The molecule has 140 valence electrons. The molecule has 0 unspecified atom stereocenters. The Labute approximate surface area is 155 Å². The highest BCUT2D eigenvalue weighted by atomic mass is 16.7. The Kier molecular flexibility index (Phi) is 5.93. The monoisotopic (exact) mass is 358 g/mol. The number of nitrogens with one attached hydrogen (secondary N) is 2. The second-order valence-electron chi connectivity index (χ2n) is 7.52. The molecule has 0 aliphatic carbocycles. The van der Waals surface area contributed by atoms with Crippen LogP contribution >= 0.6 is 0 Å². The van der Waals surface area contributed by atoms with Crippen LogP contribution in [0.4, 0.5) is 5.69 Å². The maximum absolute atomic E-state index is 11.4. The molecular weight excluding hydrogens is 331 g/mol. The number of carbonyl (C=O) groups is 2. The van der Waals surface area contributed by atoms with E-state index in [0.717, 1.165) is 11.0 Å². The van der Waals surface area contributed by atoms with Crippen LogP contribution in [0.1, 0.15) is 47.1 Å². The number of anilines is 1. The quantitative estimate of drug-likeness (QED) is 0.794.